The molecule has 1 aromatic carbocycles. The molecule has 2 rings (SSSR count). The van der Waals surface area contributed by atoms with Crippen LogP contribution in [0.5, 0.6) is 0 Å². The molecule has 0 heterocycles. The summed E-state index contributed by atoms with van der Waals surface area (Å²) in [6, 6.07) is 8.39. The van der Waals surface area contributed by atoms with Crippen molar-refractivity contribution in [2.45, 2.75) is 57.6 Å². The second kappa shape index (κ2) is 8.66. The molecule has 112 valence electrons. The topological polar surface area (TPSA) is 21.3 Å². The number of nitrogens with one attached hydrogen (secondary N) is 1. The Morgan fingerprint density at radius 3 is 2.85 bits per heavy atom. The van der Waals surface area contributed by atoms with E-state index in [1.54, 1.807) is 0 Å². The van der Waals surface area contributed by atoms with Crippen molar-refractivity contribution in [3.8, 4) is 0 Å². The lowest BCUT2D eigenvalue weighted by Crippen LogP contribution is -2.23. The van der Waals surface area contributed by atoms with Crippen LogP contribution >= 0.6 is 11.6 Å². The number of hydrogen-bond acceptors (Lipinski definition) is 2. The monoisotopic (exact) mass is 295 g/mol. The summed E-state index contributed by atoms with van der Waals surface area (Å²) >= 11 is 6.01. The maximum atomic E-state index is 6.01. The molecule has 1 aliphatic rings. The molecule has 2 nitrogen and oxygen atoms in total. The standard InChI is InChI=1S/C17H26ClNO/c1-14(15-7-5-8-16(18)13-15)19-11-6-12-20-17-9-3-2-4-10-17/h5,7-8,13-14,17,19H,2-4,6,9-12H2,1H3. The number of hydrogen-bond donors (Lipinski definition) is 1. The van der Waals surface area contributed by atoms with Crippen molar-refractivity contribution in [3.63, 3.8) is 0 Å². The SMILES string of the molecule is CC(NCCCOC1CCCCC1)c1cccc(Cl)c1. The third-order valence-electron chi connectivity index (χ3n) is 4.03. The number of halogens is 1. The molecule has 3 heteroatoms. The van der Waals surface area contributed by atoms with Crippen molar-refractivity contribution in [1.82, 2.24) is 5.32 Å². The van der Waals surface area contributed by atoms with Gasteiger partial charge in [0.25, 0.3) is 0 Å². The van der Waals surface area contributed by atoms with Gasteiger partial charge in [0.1, 0.15) is 0 Å². The Morgan fingerprint density at radius 1 is 1.30 bits per heavy atom. The maximum absolute atomic E-state index is 6.01. The van der Waals surface area contributed by atoms with Gasteiger partial charge >= 0.3 is 0 Å². The van der Waals surface area contributed by atoms with Crippen molar-refractivity contribution in [2.75, 3.05) is 13.2 Å². The third kappa shape index (κ3) is 5.43. The Kier molecular flexibility index (Phi) is 6.85. The van der Waals surface area contributed by atoms with Crippen LogP contribution in [0, 0.1) is 0 Å². The first kappa shape index (κ1) is 15.8. The van der Waals surface area contributed by atoms with Crippen LogP contribution < -0.4 is 5.32 Å². The lowest BCUT2D eigenvalue weighted by Gasteiger charge is -2.22. The molecule has 0 bridgehead atoms. The molecule has 1 saturated carbocycles. The van der Waals surface area contributed by atoms with Gasteiger partial charge < -0.3 is 10.1 Å². The molecule has 1 aromatic rings. The van der Waals surface area contributed by atoms with Gasteiger partial charge in [-0.25, -0.2) is 0 Å². The number of rotatable bonds is 7. The molecular formula is C17H26ClNO. The van der Waals surface area contributed by atoms with Gasteiger partial charge in [0.15, 0.2) is 0 Å². The highest BCUT2D eigenvalue weighted by Crippen LogP contribution is 2.20. The minimum absolute atomic E-state index is 0.336. The molecule has 0 amide bonds. The average Bonchev–Trinajstić information content (AvgIpc) is 2.48. The van der Waals surface area contributed by atoms with Crippen molar-refractivity contribution in [2.24, 2.45) is 0 Å². The number of ether oxygens (including phenoxy) is 1. The van der Waals surface area contributed by atoms with Crippen LogP contribution in [-0.2, 0) is 4.74 Å². The van der Waals surface area contributed by atoms with Crippen LogP contribution in [0.1, 0.15) is 57.1 Å². The van der Waals surface area contributed by atoms with E-state index in [1.807, 2.05) is 18.2 Å². The van der Waals surface area contributed by atoms with Crippen LogP contribution in [0.3, 0.4) is 0 Å². The Balaban J connectivity index is 1.58. The van der Waals surface area contributed by atoms with E-state index in [1.165, 1.54) is 37.7 Å². The first-order valence-corrected chi connectivity index (χ1v) is 8.24. The Hall–Kier alpha value is -0.570. The zero-order chi connectivity index (χ0) is 14.2. The molecule has 1 aliphatic carbocycles. The highest BCUT2D eigenvalue weighted by atomic mass is 35.5. The quantitative estimate of drug-likeness (QED) is 0.734. The van der Waals surface area contributed by atoms with E-state index in [0.717, 1.165) is 24.6 Å². The summed E-state index contributed by atoms with van der Waals surface area (Å²) in [6.07, 6.45) is 8.18. The van der Waals surface area contributed by atoms with E-state index in [-0.39, 0.29) is 0 Å². The van der Waals surface area contributed by atoms with Gasteiger partial charge in [-0.15, -0.1) is 0 Å². The molecule has 1 fully saturated rings. The fraction of sp³-hybridized carbons (Fsp3) is 0.647. The highest BCUT2D eigenvalue weighted by Gasteiger charge is 2.13. The lowest BCUT2D eigenvalue weighted by molar-refractivity contribution is 0.0271. The van der Waals surface area contributed by atoms with Crippen molar-refractivity contribution in [1.29, 1.82) is 0 Å². The van der Waals surface area contributed by atoms with Gasteiger partial charge in [0.2, 0.25) is 0 Å². The van der Waals surface area contributed by atoms with Crippen molar-refractivity contribution in [3.05, 3.63) is 34.9 Å². The smallest absolute Gasteiger partial charge is 0.0575 e. The predicted molar refractivity (Wildman–Crippen MR) is 85.3 cm³/mol. The Bertz CT molecular complexity index is 390. The Labute approximate surface area is 127 Å². The van der Waals surface area contributed by atoms with E-state index in [2.05, 4.69) is 18.3 Å². The van der Waals surface area contributed by atoms with Gasteiger partial charge in [-0.2, -0.15) is 0 Å². The van der Waals surface area contributed by atoms with Crippen LogP contribution in [0.4, 0.5) is 0 Å². The summed E-state index contributed by atoms with van der Waals surface area (Å²) in [5.41, 5.74) is 1.24. The molecule has 1 unspecified atom stereocenters. The fourth-order valence-corrected chi connectivity index (χ4v) is 2.97. The molecule has 0 spiro atoms. The number of benzene rings is 1. The third-order valence-corrected chi connectivity index (χ3v) is 4.26. The largest absolute Gasteiger partial charge is 0.378 e. The van der Waals surface area contributed by atoms with Crippen molar-refractivity contribution < 1.29 is 4.74 Å². The van der Waals surface area contributed by atoms with Crippen LogP contribution in [0.15, 0.2) is 24.3 Å². The molecule has 0 aliphatic heterocycles. The second-order valence-electron chi connectivity index (χ2n) is 5.72. The molecular weight excluding hydrogens is 270 g/mol. The van der Waals surface area contributed by atoms with Crippen LogP contribution in [0.25, 0.3) is 0 Å². The van der Waals surface area contributed by atoms with Gasteiger partial charge in [-0.3, -0.25) is 0 Å². The second-order valence-corrected chi connectivity index (χ2v) is 6.15. The van der Waals surface area contributed by atoms with Crippen LogP contribution in [-0.4, -0.2) is 19.3 Å². The first-order chi connectivity index (χ1) is 9.75. The summed E-state index contributed by atoms with van der Waals surface area (Å²) in [5, 5.41) is 4.33. The summed E-state index contributed by atoms with van der Waals surface area (Å²) in [5.74, 6) is 0. The fourth-order valence-electron chi connectivity index (χ4n) is 2.77. The minimum Gasteiger partial charge on any atom is -0.378 e. The first-order valence-electron chi connectivity index (χ1n) is 7.86. The summed E-state index contributed by atoms with van der Waals surface area (Å²) < 4.78 is 5.93. The van der Waals surface area contributed by atoms with Gasteiger partial charge in [-0.05, 0) is 50.4 Å². The zero-order valence-electron chi connectivity index (χ0n) is 12.4. The van der Waals surface area contributed by atoms with Gasteiger partial charge in [0, 0.05) is 17.7 Å². The van der Waals surface area contributed by atoms with E-state index >= 15 is 0 Å². The van der Waals surface area contributed by atoms with E-state index in [4.69, 9.17) is 16.3 Å². The van der Waals surface area contributed by atoms with Crippen LogP contribution in [0.2, 0.25) is 5.02 Å². The van der Waals surface area contributed by atoms with E-state index < -0.39 is 0 Å². The molecule has 20 heavy (non-hydrogen) atoms. The minimum atomic E-state index is 0.336. The molecule has 1 atom stereocenters. The molecule has 0 saturated heterocycles. The summed E-state index contributed by atoms with van der Waals surface area (Å²) in [6.45, 7) is 4.04. The Morgan fingerprint density at radius 2 is 2.10 bits per heavy atom. The van der Waals surface area contributed by atoms with Gasteiger partial charge in [-0.1, -0.05) is 43.0 Å². The molecule has 0 radical (unpaired) electrons. The van der Waals surface area contributed by atoms with Gasteiger partial charge in [0.05, 0.1) is 6.10 Å². The summed E-state index contributed by atoms with van der Waals surface area (Å²) in [4.78, 5) is 0. The average molecular weight is 296 g/mol. The lowest BCUT2D eigenvalue weighted by atomic mass is 9.98. The molecule has 1 N–H and O–H groups in total. The summed E-state index contributed by atoms with van der Waals surface area (Å²) in [7, 11) is 0. The molecule has 0 aromatic heterocycles. The maximum Gasteiger partial charge on any atom is 0.0575 e. The highest BCUT2D eigenvalue weighted by molar-refractivity contribution is 6.30. The normalized spacial score (nSPS) is 18.1. The van der Waals surface area contributed by atoms with Crippen molar-refractivity contribution >= 4 is 11.6 Å². The zero-order valence-corrected chi connectivity index (χ0v) is 13.2. The predicted octanol–water partition coefficient (Wildman–Crippen LogP) is 4.73. The van der Waals surface area contributed by atoms with E-state index in [0.29, 0.717) is 12.1 Å². The van der Waals surface area contributed by atoms with E-state index in [9.17, 15) is 0 Å².